The van der Waals surface area contributed by atoms with Gasteiger partial charge in [0.15, 0.2) is 0 Å². The zero-order chi connectivity index (χ0) is 19.7. The van der Waals surface area contributed by atoms with Crippen molar-refractivity contribution in [3.63, 3.8) is 0 Å². The second-order valence-electron chi connectivity index (χ2n) is 6.34. The van der Waals surface area contributed by atoms with Crippen LogP contribution in [0.2, 0.25) is 0 Å². The van der Waals surface area contributed by atoms with E-state index in [4.69, 9.17) is 13.8 Å². The van der Waals surface area contributed by atoms with Gasteiger partial charge in [0.05, 0.1) is 32.1 Å². The first-order chi connectivity index (χ1) is 13.0. The van der Waals surface area contributed by atoms with E-state index in [1.807, 2.05) is 0 Å². The molecule has 1 aliphatic heterocycles. The molecule has 1 aromatic rings. The van der Waals surface area contributed by atoms with E-state index in [1.54, 1.807) is 0 Å². The Hall–Kier alpha value is -1.08. The zero-order valence-corrected chi connectivity index (χ0v) is 17.8. The van der Waals surface area contributed by atoms with Crippen molar-refractivity contribution in [3.8, 4) is 0 Å². The van der Waals surface area contributed by atoms with Crippen molar-refractivity contribution in [1.82, 2.24) is 4.49 Å². The van der Waals surface area contributed by atoms with Crippen LogP contribution in [0.1, 0.15) is 25.3 Å². The minimum Gasteiger partial charge on any atom is -0.378 e. The van der Waals surface area contributed by atoms with E-state index in [1.165, 1.54) is 29.7 Å². The van der Waals surface area contributed by atoms with Gasteiger partial charge in [-0.3, -0.25) is 9.05 Å². The summed E-state index contributed by atoms with van der Waals surface area (Å²) in [6.07, 6.45) is 3.07. The summed E-state index contributed by atoms with van der Waals surface area (Å²) in [5.41, 5.74) is 2.30. The van der Waals surface area contributed by atoms with Crippen molar-refractivity contribution >= 4 is 25.4 Å². The monoisotopic (exact) mass is 412 g/mol. The summed E-state index contributed by atoms with van der Waals surface area (Å²) in [6, 6.07) is 6.38. The van der Waals surface area contributed by atoms with Gasteiger partial charge in [0, 0.05) is 18.0 Å². The summed E-state index contributed by atoms with van der Waals surface area (Å²) in [7, 11) is -3.49. The second-order valence-corrected chi connectivity index (χ2v) is 9.23. The number of hydrogen-bond acceptors (Lipinski definition) is 6. The highest BCUT2D eigenvalue weighted by Gasteiger charge is 2.26. The number of rotatable bonds is 11. The van der Waals surface area contributed by atoms with Crippen molar-refractivity contribution in [2.75, 3.05) is 44.4 Å². The average Bonchev–Trinajstić information content (AvgIpc) is 2.70. The number of nitrogens with one attached hydrogen (secondary N) is 1. The van der Waals surface area contributed by atoms with Crippen LogP contribution in [-0.2, 0) is 18.3 Å². The molecule has 1 N–H and O–H groups in total. The SMILES string of the molecule is C=CCOP(=O)(NSc1cc(C(C)C)ccc1N1CCOCC1)OCC=C. The topological polar surface area (TPSA) is 60.0 Å². The van der Waals surface area contributed by atoms with Crippen LogP contribution in [0, 0.1) is 0 Å². The Labute approximate surface area is 166 Å². The maximum Gasteiger partial charge on any atom is 0.416 e. The molecule has 1 aliphatic rings. The summed E-state index contributed by atoms with van der Waals surface area (Å²) >= 11 is 1.27. The van der Waals surface area contributed by atoms with E-state index in [0.717, 1.165) is 23.7 Å². The third kappa shape index (κ3) is 6.79. The van der Waals surface area contributed by atoms with Crippen LogP contribution >= 0.6 is 19.7 Å². The second kappa shape index (κ2) is 11.1. The minimum atomic E-state index is -3.49. The number of benzene rings is 1. The molecule has 0 spiro atoms. The Morgan fingerprint density at radius 1 is 1.26 bits per heavy atom. The van der Waals surface area contributed by atoms with Crippen LogP contribution in [0.5, 0.6) is 0 Å². The van der Waals surface area contributed by atoms with Crippen molar-refractivity contribution in [2.24, 2.45) is 0 Å². The van der Waals surface area contributed by atoms with Gasteiger partial charge in [-0.05, 0) is 35.6 Å². The maximum atomic E-state index is 12.9. The molecule has 0 aliphatic carbocycles. The third-order valence-corrected chi connectivity index (χ3v) is 6.78. The molecule has 1 heterocycles. The number of nitrogens with zero attached hydrogens (tertiary/aromatic N) is 1. The summed E-state index contributed by atoms with van der Waals surface area (Å²) in [6.45, 7) is 14.8. The molecule has 1 aromatic carbocycles. The first kappa shape index (κ1) is 22.2. The highest BCUT2D eigenvalue weighted by molar-refractivity contribution is 8.02. The lowest BCUT2D eigenvalue weighted by Gasteiger charge is -2.31. The van der Waals surface area contributed by atoms with Crippen LogP contribution < -0.4 is 9.39 Å². The molecular weight excluding hydrogens is 383 g/mol. The van der Waals surface area contributed by atoms with Crippen LogP contribution in [0.4, 0.5) is 5.69 Å². The average molecular weight is 412 g/mol. The molecule has 0 unspecified atom stereocenters. The predicted molar refractivity (Wildman–Crippen MR) is 112 cm³/mol. The molecule has 0 saturated carbocycles. The molecule has 1 fully saturated rings. The lowest BCUT2D eigenvalue weighted by atomic mass is 10.0. The molecule has 1 saturated heterocycles. The van der Waals surface area contributed by atoms with Gasteiger partial charge < -0.3 is 9.64 Å². The Balaban J connectivity index is 2.22. The highest BCUT2D eigenvalue weighted by Crippen LogP contribution is 2.48. The first-order valence-corrected chi connectivity index (χ1v) is 11.4. The summed E-state index contributed by atoms with van der Waals surface area (Å²) in [5, 5.41) is 0. The van der Waals surface area contributed by atoms with E-state index < -0.39 is 7.75 Å². The number of ether oxygens (including phenoxy) is 1. The van der Waals surface area contributed by atoms with Gasteiger partial charge in [-0.1, -0.05) is 32.1 Å². The fraction of sp³-hybridized carbons (Fsp3) is 0.474. The molecule has 27 heavy (non-hydrogen) atoms. The zero-order valence-electron chi connectivity index (χ0n) is 16.1. The van der Waals surface area contributed by atoms with Crippen LogP contribution in [-0.4, -0.2) is 39.5 Å². The number of anilines is 1. The standard InChI is InChI=1S/C19H29N2O4PS/c1-5-11-24-26(22,25-12-6-2)20-27-19-15-17(16(3)4)7-8-18(19)21-9-13-23-14-10-21/h5-8,15-16H,1-2,9-14H2,3-4H3,(H,20,22). The van der Waals surface area contributed by atoms with Crippen molar-refractivity contribution in [3.05, 3.63) is 49.1 Å². The van der Waals surface area contributed by atoms with E-state index in [-0.39, 0.29) is 13.2 Å². The Kier molecular flexibility index (Phi) is 9.09. The smallest absolute Gasteiger partial charge is 0.378 e. The molecule has 150 valence electrons. The van der Waals surface area contributed by atoms with Crippen molar-refractivity contribution < 1.29 is 18.3 Å². The molecule has 0 atom stereocenters. The van der Waals surface area contributed by atoms with Gasteiger partial charge in [0.2, 0.25) is 0 Å². The van der Waals surface area contributed by atoms with Crippen molar-refractivity contribution in [1.29, 1.82) is 0 Å². The number of morpholine rings is 1. The summed E-state index contributed by atoms with van der Waals surface area (Å²) in [5.74, 6) is 0.393. The summed E-state index contributed by atoms with van der Waals surface area (Å²) < 4.78 is 32.0. The van der Waals surface area contributed by atoms with Gasteiger partial charge in [-0.2, -0.15) is 4.49 Å². The van der Waals surface area contributed by atoms with Crippen LogP contribution in [0.25, 0.3) is 0 Å². The molecule has 0 aromatic heterocycles. The Morgan fingerprint density at radius 2 is 1.89 bits per heavy atom. The van der Waals surface area contributed by atoms with E-state index in [0.29, 0.717) is 19.1 Å². The predicted octanol–water partition coefficient (Wildman–Crippen LogP) is 4.76. The van der Waals surface area contributed by atoms with Gasteiger partial charge in [-0.15, -0.1) is 13.2 Å². The first-order valence-electron chi connectivity index (χ1n) is 9.00. The van der Waals surface area contributed by atoms with Crippen molar-refractivity contribution in [2.45, 2.75) is 24.7 Å². The molecule has 6 nitrogen and oxygen atoms in total. The van der Waals surface area contributed by atoms with E-state index >= 15 is 0 Å². The molecular formula is C19H29N2O4PS. The molecule has 8 heteroatoms. The van der Waals surface area contributed by atoms with Crippen LogP contribution in [0.3, 0.4) is 0 Å². The largest absolute Gasteiger partial charge is 0.416 e. The molecule has 0 radical (unpaired) electrons. The minimum absolute atomic E-state index is 0.129. The maximum absolute atomic E-state index is 12.9. The van der Waals surface area contributed by atoms with Crippen LogP contribution in [0.15, 0.2) is 48.4 Å². The van der Waals surface area contributed by atoms with Gasteiger partial charge >= 0.3 is 7.75 Å². The quantitative estimate of drug-likeness (QED) is 0.319. The van der Waals surface area contributed by atoms with Gasteiger partial charge in [0.25, 0.3) is 0 Å². The lowest BCUT2D eigenvalue weighted by Crippen LogP contribution is -2.36. The lowest BCUT2D eigenvalue weighted by molar-refractivity contribution is 0.122. The summed E-state index contributed by atoms with van der Waals surface area (Å²) in [4.78, 5) is 3.25. The third-order valence-electron chi connectivity index (χ3n) is 3.99. The number of hydrogen-bond donors (Lipinski definition) is 1. The van der Waals surface area contributed by atoms with Gasteiger partial charge in [-0.25, -0.2) is 4.57 Å². The molecule has 0 bridgehead atoms. The molecule has 2 rings (SSSR count). The normalized spacial score (nSPS) is 15.1. The van der Waals surface area contributed by atoms with E-state index in [9.17, 15) is 4.57 Å². The fourth-order valence-corrected chi connectivity index (χ4v) is 4.97. The fourth-order valence-electron chi connectivity index (χ4n) is 2.53. The highest BCUT2D eigenvalue weighted by atomic mass is 32.2. The van der Waals surface area contributed by atoms with Gasteiger partial charge in [0.1, 0.15) is 0 Å². The molecule has 0 amide bonds. The Bertz CT molecular complexity index is 662. The van der Waals surface area contributed by atoms with E-state index in [2.05, 4.69) is 54.6 Å². The Morgan fingerprint density at radius 3 is 2.44 bits per heavy atom.